The van der Waals surface area contributed by atoms with Crippen molar-refractivity contribution in [2.45, 2.75) is 19.0 Å². The van der Waals surface area contributed by atoms with Crippen molar-refractivity contribution >= 4 is 29.1 Å². The van der Waals surface area contributed by atoms with E-state index in [1.165, 1.54) is 12.1 Å². The summed E-state index contributed by atoms with van der Waals surface area (Å²) in [5.74, 6) is -1.95. The fraction of sp³-hybridized carbons (Fsp3) is 0.261. The highest BCUT2D eigenvalue weighted by Gasteiger charge is 2.42. The lowest BCUT2D eigenvalue weighted by Crippen LogP contribution is -2.42. The third kappa shape index (κ3) is 4.88. The van der Waals surface area contributed by atoms with Crippen LogP contribution in [0.2, 0.25) is 0 Å². The maximum atomic E-state index is 13.1. The Morgan fingerprint density at radius 3 is 2.70 bits per heavy atom. The van der Waals surface area contributed by atoms with Gasteiger partial charge in [0.05, 0.1) is 11.3 Å². The molecule has 0 fully saturated rings. The van der Waals surface area contributed by atoms with Gasteiger partial charge in [-0.25, -0.2) is 0 Å². The topological polar surface area (TPSA) is 78.1 Å². The van der Waals surface area contributed by atoms with Gasteiger partial charge >= 0.3 is 12.1 Å². The van der Waals surface area contributed by atoms with Crippen LogP contribution in [0.3, 0.4) is 0 Å². The fourth-order valence-electron chi connectivity index (χ4n) is 3.76. The lowest BCUT2D eigenvalue weighted by molar-refractivity contribution is -0.170. The number of aromatic nitrogens is 2. The van der Waals surface area contributed by atoms with Crippen molar-refractivity contribution in [1.29, 1.82) is 0 Å². The minimum Gasteiger partial charge on any atom is -0.358 e. The number of rotatable bonds is 6. The molecule has 172 valence electrons. The normalized spacial score (nSPS) is 13.4. The molecule has 0 saturated carbocycles. The molecular weight excluding hydrogens is 457 g/mol. The minimum absolute atomic E-state index is 0.110. The van der Waals surface area contributed by atoms with Gasteiger partial charge in [-0.15, -0.1) is 11.6 Å². The van der Waals surface area contributed by atoms with Crippen LogP contribution in [0.1, 0.15) is 22.5 Å². The number of alkyl halides is 4. The van der Waals surface area contributed by atoms with E-state index in [1.54, 1.807) is 36.5 Å². The highest BCUT2D eigenvalue weighted by molar-refractivity contribution is 6.17. The Morgan fingerprint density at radius 1 is 1.15 bits per heavy atom. The number of hydrogen-bond donors (Lipinski definition) is 2. The van der Waals surface area contributed by atoms with Crippen LogP contribution in [0.15, 0.2) is 48.7 Å². The van der Waals surface area contributed by atoms with Crippen molar-refractivity contribution in [3.8, 4) is 22.5 Å². The van der Waals surface area contributed by atoms with E-state index in [-0.39, 0.29) is 30.4 Å². The van der Waals surface area contributed by atoms with E-state index in [0.29, 0.717) is 34.7 Å². The van der Waals surface area contributed by atoms with Crippen LogP contribution in [0.5, 0.6) is 0 Å². The van der Waals surface area contributed by atoms with Crippen molar-refractivity contribution in [2.75, 3.05) is 23.9 Å². The lowest BCUT2D eigenvalue weighted by atomic mass is 10.1. The number of pyridine rings is 1. The van der Waals surface area contributed by atoms with Crippen LogP contribution in [-0.2, 0) is 11.2 Å². The zero-order chi connectivity index (χ0) is 23.6. The summed E-state index contributed by atoms with van der Waals surface area (Å²) in [5, 5.41) is 2.80. The first-order chi connectivity index (χ1) is 15.8. The van der Waals surface area contributed by atoms with Gasteiger partial charge in [-0.05, 0) is 36.8 Å². The van der Waals surface area contributed by atoms with Crippen molar-refractivity contribution in [3.63, 3.8) is 0 Å². The molecule has 4 rings (SSSR count). The summed E-state index contributed by atoms with van der Waals surface area (Å²) in [7, 11) is 0. The van der Waals surface area contributed by atoms with E-state index in [2.05, 4.69) is 15.3 Å². The van der Waals surface area contributed by atoms with Gasteiger partial charge in [-0.3, -0.25) is 14.6 Å². The molecule has 2 amide bonds. The number of nitrogens with zero attached hydrogens (tertiary/aromatic N) is 2. The second-order valence-electron chi connectivity index (χ2n) is 7.56. The molecule has 6 nitrogen and oxygen atoms in total. The van der Waals surface area contributed by atoms with Crippen LogP contribution in [0.4, 0.5) is 18.9 Å². The first-order valence-electron chi connectivity index (χ1n) is 10.3. The highest BCUT2D eigenvalue weighted by Crippen LogP contribution is 2.30. The van der Waals surface area contributed by atoms with Crippen LogP contribution in [0.25, 0.3) is 22.5 Å². The largest absolute Gasteiger partial charge is 0.471 e. The van der Waals surface area contributed by atoms with Gasteiger partial charge in [0.2, 0.25) is 0 Å². The predicted octanol–water partition coefficient (Wildman–Crippen LogP) is 4.55. The Morgan fingerprint density at radius 2 is 1.97 bits per heavy atom. The molecule has 0 atom stereocenters. The molecule has 3 heterocycles. The Hall–Kier alpha value is -3.33. The monoisotopic (exact) mass is 476 g/mol. The van der Waals surface area contributed by atoms with E-state index >= 15 is 0 Å². The molecule has 10 heteroatoms. The smallest absolute Gasteiger partial charge is 0.358 e. The van der Waals surface area contributed by atoms with Gasteiger partial charge in [0.1, 0.15) is 0 Å². The number of benzene rings is 1. The van der Waals surface area contributed by atoms with Gasteiger partial charge in [0, 0.05) is 59.8 Å². The van der Waals surface area contributed by atoms with Crippen LogP contribution in [-0.4, -0.2) is 46.9 Å². The predicted molar refractivity (Wildman–Crippen MR) is 119 cm³/mol. The average Bonchev–Trinajstić information content (AvgIpc) is 3.25. The van der Waals surface area contributed by atoms with Gasteiger partial charge in [-0.2, -0.15) is 13.2 Å². The Labute approximate surface area is 192 Å². The lowest BCUT2D eigenvalue weighted by Gasteiger charge is -2.24. The number of anilines is 1. The second kappa shape index (κ2) is 9.27. The summed E-state index contributed by atoms with van der Waals surface area (Å²) in [6, 6.07) is 11.6. The number of halogens is 4. The maximum absolute atomic E-state index is 13.1. The molecule has 2 N–H and O–H groups in total. The molecule has 0 bridgehead atoms. The Bertz CT molecular complexity index is 1190. The number of nitrogens with one attached hydrogen (secondary N) is 2. The molecule has 1 aliphatic rings. The summed E-state index contributed by atoms with van der Waals surface area (Å²) >= 11 is 5.64. The molecular formula is C23H20ClF3N4O2. The molecule has 0 aliphatic carbocycles. The molecule has 0 radical (unpaired) electrons. The molecule has 3 aromatic rings. The minimum atomic E-state index is -5.00. The quantitative estimate of drug-likeness (QED) is 0.512. The molecule has 0 spiro atoms. The fourth-order valence-corrected chi connectivity index (χ4v) is 3.88. The number of hydrogen-bond acceptors (Lipinski definition) is 3. The highest BCUT2D eigenvalue weighted by atomic mass is 35.5. The molecule has 0 unspecified atom stereocenters. The third-order valence-corrected chi connectivity index (χ3v) is 5.60. The van der Waals surface area contributed by atoms with E-state index < -0.39 is 12.1 Å². The molecule has 33 heavy (non-hydrogen) atoms. The zero-order valence-electron chi connectivity index (χ0n) is 17.4. The van der Waals surface area contributed by atoms with Gasteiger partial charge < -0.3 is 15.2 Å². The van der Waals surface area contributed by atoms with Gasteiger partial charge in [0.25, 0.3) is 5.91 Å². The van der Waals surface area contributed by atoms with Crippen molar-refractivity contribution in [1.82, 2.24) is 15.3 Å². The second-order valence-corrected chi connectivity index (χ2v) is 7.94. The van der Waals surface area contributed by atoms with Crippen molar-refractivity contribution in [3.05, 3.63) is 59.9 Å². The van der Waals surface area contributed by atoms with Crippen LogP contribution >= 0.6 is 11.6 Å². The Balaban J connectivity index is 1.67. The summed E-state index contributed by atoms with van der Waals surface area (Å²) in [4.78, 5) is 32.3. The third-order valence-electron chi connectivity index (χ3n) is 5.33. The van der Waals surface area contributed by atoms with E-state index in [1.807, 2.05) is 0 Å². The van der Waals surface area contributed by atoms with E-state index in [4.69, 9.17) is 11.6 Å². The van der Waals surface area contributed by atoms with E-state index in [0.717, 1.165) is 17.0 Å². The van der Waals surface area contributed by atoms with Crippen LogP contribution < -0.4 is 10.2 Å². The summed E-state index contributed by atoms with van der Waals surface area (Å²) in [5.41, 5.74) is 4.15. The first-order valence-corrected chi connectivity index (χ1v) is 10.8. The number of carbonyl (C=O) groups is 2. The SMILES string of the molecule is O=C1NCCc2[nH]c(-c3ccnc(-c4cccc(N(CCCCl)C(=O)C(F)(F)F)c4)c3)cc21. The zero-order valence-corrected chi connectivity index (χ0v) is 18.1. The summed E-state index contributed by atoms with van der Waals surface area (Å²) < 4.78 is 39.4. The van der Waals surface area contributed by atoms with Crippen molar-refractivity contribution in [2.24, 2.45) is 0 Å². The van der Waals surface area contributed by atoms with Gasteiger partial charge in [0.15, 0.2) is 0 Å². The maximum Gasteiger partial charge on any atom is 0.471 e. The van der Waals surface area contributed by atoms with Crippen molar-refractivity contribution < 1.29 is 22.8 Å². The Kier molecular flexibility index (Phi) is 6.42. The molecule has 2 aromatic heterocycles. The summed E-state index contributed by atoms with van der Waals surface area (Å²) in [6.45, 7) is 0.409. The number of fused-ring (bicyclic) bond motifs is 1. The molecule has 0 saturated heterocycles. The van der Waals surface area contributed by atoms with Gasteiger partial charge in [-0.1, -0.05) is 12.1 Å². The summed E-state index contributed by atoms with van der Waals surface area (Å²) in [6.07, 6.45) is -2.50. The first kappa shape index (κ1) is 22.8. The molecule has 1 aliphatic heterocycles. The number of H-pyrrole nitrogens is 1. The van der Waals surface area contributed by atoms with Crippen LogP contribution in [0, 0.1) is 0 Å². The molecule has 1 aromatic carbocycles. The average molecular weight is 477 g/mol. The number of amides is 2. The number of carbonyl (C=O) groups excluding carboxylic acids is 2. The number of aromatic amines is 1. The standard InChI is InChI=1S/C23H20ClF3N4O2/c24-7-2-10-31(22(33)23(25,26)27)16-4-1-3-14(11-16)19-12-15(5-8-28-19)20-13-17-18(30-20)6-9-29-21(17)32/h1,3-5,8,11-13,30H,2,6-7,9-10H2,(H,29,32). The van der Waals surface area contributed by atoms with E-state index in [9.17, 15) is 22.8 Å².